The quantitative estimate of drug-likeness (QED) is 0.869. The van der Waals surface area contributed by atoms with E-state index in [2.05, 4.69) is 20.7 Å². The fraction of sp³-hybridized carbons (Fsp3) is 0.417. The molecule has 0 radical (unpaired) electrons. The highest BCUT2D eigenvalue weighted by atomic mass is 79.9. The molecule has 0 aliphatic rings. The van der Waals surface area contributed by atoms with Gasteiger partial charge in [0.1, 0.15) is 0 Å². The van der Waals surface area contributed by atoms with Gasteiger partial charge in [-0.1, -0.05) is 28.1 Å². The fourth-order valence-corrected chi connectivity index (χ4v) is 1.91. The molecule has 0 aliphatic carbocycles. The van der Waals surface area contributed by atoms with Gasteiger partial charge in [-0.15, -0.1) is 0 Å². The molecule has 3 nitrogen and oxygen atoms in total. The van der Waals surface area contributed by atoms with E-state index in [4.69, 9.17) is 0 Å². The number of carbonyl (C=O) groups excluding carboxylic acids is 1. The van der Waals surface area contributed by atoms with E-state index < -0.39 is 12.1 Å². The Morgan fingerprint density at radius 2 is 2.12 bits per heavy atom. The Hall–Kier alpha value is -0.870. The number of rotatable bonds is 3. The Morgan fingerprint density at radius 1 is 1.50 bits per heavy atom. The molecule has 0 aliphatic heterocycles. The molecule has 1 aromatic rings. The van der Waals surface area contributed by atoms with Crippen molar-refractivity contribution in [1.29, 1.82) is 0 Å². The molecule has 0 bridgehead atoms. The Kier molecular flexibility index (Phi) is 4.50. The van der Waals surface area contributed by atoms with Gasteiger partial charge in [-0.3, -0.25) is 4.79 Å². The zero-order valence-electron chi connectivity index (χ0n) is 9.58. The van der Waals surface area contributed by atoms with E-state index in [9.17, 15) is 9.90 Å². The maximum absolute atomic E-state index is 11.1. The van der Waals surface area contributed by atoms with Crippen LogP contribution < -0.4 is 0 Å². The van der Waals surface area contributed by atoms with Crippen molar-refractivity contribution in [2.45, 2.75) is 26.4 Å². The second-order valence-electron chi connectivity index (χ2n) is 3.71. The number of ether oxygens (including phenoxy) is 1. The lowest BCUT2D eigenvalue weighted by Gasteiger charge is -2.15. The highest BCUT2D eigenvalue weighted by Crippen LogP contribution is 2.29. The van der Waals surface area contributed by atoms with Crippen LogP contribution in [0.1, 0.15) is 29.2 Å². The van der Waals surface area contributed by atoms with Gasteiger partial charge in [0.15, 0.2) is 0 Å². The van der Waals surface area contributed by atoms with Crippen LogP contribution >= 0.6 is 15.9 Å². The molecule has 88 valence electrons. The Labute approximate surface area is 104 Å². The lowest BCUT2D eigenvalue weighted by Crippen LogP contribution is -2.09. The van der Waals surface area contributed by atoms with Crippen LogP contribution in [-0.4, -0.2) is 18.2 Å². The molecule has 1 atom stereocenters. The third-order valence-electron chi connectivity index (χ3n) is 2.57. The molecule has 0 heterocycles. The first-order valence-electron chi connectivity index (χ1n) is 4.97. The Balaban J connectivity index is 2.96. The Bertz CT molecular complexity index is 401. The largest absolute Gasteiger partial charge is 0.469 e. The van der Waals surface area contributed by atoms with Gasteiger partial charge in [0.25, 0.3) is 0 Å². The molecule has 1 N–H and O–H groups in total. The van der Waals surface area contributed by atoms with Crippen molar-refractivity contribution in [3.63, 3.8) is 0 Å². The molecule has 0 aromatic heterocycles. The van der Waals surface area contributed by atoms with E-state index in [1.165, 1.54) is 7.11 Å². The first-order valence-corrected chi connectivity index (χ1v) is 5.77. The summed E-state index contributed by atoms with van der Waals surface area (Å²) < 4.78 is 5.49. The summed E-state index contributed by atoms with van der Waals surface area (Å²) in [7, 11) is 1.31. The van der Waals surface area contributed by atoms with Gasteiger partial charge in [0.05, 0.1) is 19.6 Å². The lowest BCUT2D eigenvalue weighted by atomic mass is 9.99. The molecule has 1 rings (SSSR count). The van der Waals surface area contributed by atoms with Crippen LogP contribution in [0.3, 0.4) is 0 Å². The van der Waals surface area contributed by atoms with Gasteiger partial charge in [-0.2, -0.15) is 0 Å². The van der Waals surface area contributed by atoms with Crippen LogP contribution in [0.2, 0.25) is 0 Å². The summed E-state index contributed by atoms with van der Waals surface area (Å²) in [5.41, 5.74) is 2.81. The van der Waals surface area contributed by atoms with Crippen LogP contribution in [0.15, 0.2) is 16.6 Å². The van der Waals surface area contributed by atoms with Gasteiger partial charge in [0.2, 0.25) is 0 Å². The number of hydrogen-bond acceptors (Lipinski definition) is 3. The third kappa shape index (κ3) is 2.83. The normalized spacial score (nSPS) is 12.3. The average molecular weight is 287 g/mol. The molecule has 0 amide bonds. The maximum atomic E-state index is 11.1. The fourth-order valence-electron chi connectivity index (χ4n) is 1.55. The second-order valence-corrected chi connectivity index (χ2v) is 4.50. The number of aliphatic hydroxyl groups excluding tert-OH is 1. The van der Waals surface area contributed by atoms with Crippen LogP contribution in [0, 0.1) is 13.8 Å². The summed E-state index contributed by atoms with van der Waals surface area (Å²) in [5, 5.41) is 9.90. The molecular formula is C12H15BrO3. The van der Waals surface area contributed by atoms with Crippen molar-refractivity contribution in [1.82, 2.24) is 0 Å². The molecule has 0 saturated heterocycles. The first kappa shape index (κ1) is 13.2. The highest BCUT2D eigenvalue weighted by molar-refractivity contribution is 9.10. The molecular weight excluding hydrogens is 272 g/mol. The molecule has 16 heavy (non-hydrogen) atoms. The monoisotopic (exact) mass is 286 g/mol. The summed E-state index contributed by atoms with van der Waals surface area (Å²) in [6.45, 7) is 3.89. The number of hydrogen-bond donors (Lipinski definition) is 1. The molecule has 1 aromatic carbocycles. The minimum atomic E-state index is -0.815. The molecule has 0 saturated carbocycles. The summed E-state index contributed by atoms with van der Waals surface area (Å²) in [5.74, 6) is -0.413. The summed E-state index contributed by atoms with van der Waals surface area (Å²) in [4.78, 5) is 11.1. The molecule has 0 spiro atoms. The van der Waals surface area contributed by atoms with Gasteiger partial charge in [0, 0.05) is 4.47 Å². The number of methoxy groups -OCH3 is 1. The van der Waals surface area contributed by atoms with Gasteiger partial charge < -0.3 is 9.84 Å². The van der Waals surface area contributed by atoms with Crippen molar-refractivity contribution in [3.8, 4) is 0 Å². The molecule has 0 fully saturated rings. The number of esters is 1. The van der Waals surface area contributed by atoms with Crippen LogP contribution in [-0.2, 0) is 9.53 Å². The van der Waals surface area contributed by atoms with Crippen LogP contribution in [0.5, 0.6) is 0 Å². The molecule has 0 unspecified atom stereocenters. The number of aryl methyl sites for hydroxylation is 1. The van der Waals surface area contributed by atoms with E-state index in [1.807, 2.05) is 26.0 Å². The van der Waals surface area contributed by atoms with Gasteiger partial charge in [-0.05, 0) is 30.5 Å². The zero-order valence-corrected chi connectivity index (χ0v) is 11.2. The van der Waals surface area contributed by atoms with Crippen LogP contribution in [0.4, 0.5) is 0 Å². The minimum Gasteiger partial charge on any atom is -0.469 e. The lowest BCUT2D eigenvalue weighted by molar-refractivity contribution is -0.142. The van der Waals surface area contributed by atoms with Crippen molar-refractivity contribution >= 4 is 21.9 Å². The second kappa shape index (κ2) is 5.46. The van der Waals surface area contributed by atoms with Gasteiger partial charge in [-0.25, -0.2) is 0 Å². The number of halogens is 1. The average Bonchev–Trinajstić information content (AvgIpc) is 2.25. The number of carbonyl (C=O) groups is 1. The van der Waals surface area contributed by atoms with E-state index >= 15 is 0 Å². The van der Waals surface area contributed by atoms with Crippen LogP contribution in [0.25, 0.3) is 0 Å². The third-order valence-corrected chi connectivity index (χ3v) is 3.79. The van der Waals surface area contributed by atoms with E-state index in [1.54, 1.807) is 0 Å². The number of aliphatic hydroxyl groups is 1. The zero-order chi connectivity index (χ0) is 12.3. The van der Waals surface area contributed by atoms with Crippen molar-refractivity contribution < 1.29 is 14.6 Å². The molecule has 4 heteroatoms. The van der Waals surface area contributed by atoms with E-state index in [0.29, 0.717) is 0 Å². The summed E-state index contributed by atoms with van der Waals surface area (Å²) in [6.07, 6.45) is -0.836. The van der Waals surface area contributed by atoms with E-state index in [0.717, 1.165) is 21.2 Å². The van der Waals surface area contributed by atoms with Crippen molar-refractivity contribution in [2.75, 3.05) is 7.11 Å². The summed E-state index contributed by atoms with van der Waals surface area (Å²) >= 11 is 3.45. The maximum Gasteiger partial charge on any atom is 0.308 e. The predicted molar refractivity (Wildman–Crippen MR) is 65.2 cm³/mol. The van der Waals surface area contributed by atoms with Gasteiger partial charge >= 0.3 is 5.97 Å². The van der Waals surface area contributed by atoms with Crippen molar-refractivity contribution in [3.05, 3.63) is 33.3 Å². The predicted octanol–water partition coefficient (Wildman–Crippen LogP) is 2.66. The Morgan fingerprint density at radius 3 is 2.69 bits per heavy atom. The SMILES string of the molecule is COC(=O)C[C@@H](O)c1ccc(C)c(Br)c1C. The smallest absolute Gasteiger partial charge is 0.308 e. The highest BCUT2D eigenvalue weighted by Gasteiger charge is 2.16. The minimum absolute atomic E-state index is 0.0210. The topological polar surface area (TPSA) is 46.5 Å². The first-order chi connectivity index (χ1) is 7.47. The summed E-state index contributed by atoms with van der Waals surface area (Å²) in [6, 6.07) is 3.75. The van der Waals surface area contributed by atoms with E-state index in [-0.39, 0.29) is 6.42 Å². The number of benzene rings is 1. The van der Waals surface area contributed by atoms with Crippen molar-refractivity contribution in [2.24, 2.45) is 0 Å². The standard InChI is InChI=1S/C12H15BrO3/c1-7-4-5-9(8(2)12(7)13)10(14)6-11(15)16-3/h4-5,10,14H,6H2,1-3H3/t10-/m1/s1.